The summed E-state index contributed by atoms with van der Waals surface area (Å²) < 4.78 is 5.59. The van der Waals surface area contributed by atoms with E-state index in [0.29, 0.717) is 18.1 Å². The summed E-state index contributed by atoms with van der Waals surface area (Å²) in [6, 6.07) is 0.424. The molecule has 58 valence electrons. The molecule has 0 amide bonds. The van der Waals surface area contributed by atoms with Crippen LogP contribution < -0.4 is 5.73 Å². The zero-order valence-corrected chi connectivity index (χ0v) is 6.25. The molecule has 2 saturated heterocycles. The molecule has 0 aromatic carbocycles. The van der Waals surface area contributed by atoms with Crippen LogP contribution in [0.4, 0.5) is 0 Å². The standard InChI is InChI=1S/C8H15NO/c9-8-4-3-7-2-1-6(8)5-10-7/h6-8H,1-5,9H2/t6?,7?,8-/m1/s1. The van der Waals surface area contributed by atoms with Crippen molar-refractivity contribution in [2.45, 2.75) is 37.8 Å². The molecule has 0 aromatic rings. The van der Waals surface area contributed by atoms with Crippen molar-refractivity contribution in [1.29, 1.82) is 0 Å². The summed E-state index contributed by atoms with van der Waals surface area (Å²) in [5.41, 5.74) is 5.94. The van der Waals surface area contributed by atoms with Gasteiger partial charge in [-0.05, 0) is 31.6 Å². The highest BCUT2D eigenvalue weighted by Gasteiger charge is 2.30. The van der Waals surface area contributed by atoms with Crippen molar-refractivity contribution in [2.24, 2.45) is 11.7 Å². The molecule has 2 bridgehead atoms. The smallest absolute Gasteiger partial charge is 0.0576 e. The normalized spacial score (nSPS) is 47.1. The van der Waals surface area contributed by atoms with Gasteiger partial charge >= 0.3 is 0 Å². The Bertz CT molecular complexity index is 118. The quantitative estimate of drug-likeness (QED) is 0.544. The number of fused-ring (bicyclic) bond motifs is 4. The first kappa shape index (κ1) is 6.62. The molecule has 0 spiro atoms. The molecule has 2 aliphatic heterocycles. The maximum atomic E-state index is 5.94. The largest absolute Gasteiger partial charge is 0.378 e. The molecule has 2 nitrogen and oxygen atoms in total. The van der Waals surface area contributed by atoms with E-state index in [4.69, 9.17) is 10.5 Å². The Morgan fingerprint density at radius 2 is 1.90 bits per heavy atom. The molecule has 1 saturated carbocycles. The number of rotatable bonds is 0. The molecular formula is C8H15NO. The molecule has 3 atom stereocenters. The van der Waals surface area contributed by atoms with Crippen LogP contribution in [0.1, 0.15) is 25.7 Å². The van der Waals surface area contributed by atoms with Gasteiger partial charge in [-0.25, -0.2) is 0 Å². The fourth-order valence-corrected chi connectivity index (χ4v) is 2.01. The Labute approximate surface area is 61.7 Å². The summed E-state index contributed by atoms with van der Waals surface area (Å²) in [5, 5.41) is 0. The summed E-state index contributed by atoms with van der Waals surface area (Å²) in [6.45, 7) is 0.922. The zero-order chi connectivity index (χ0) is 6.97. The van der Waals surface area contributed by atoms with Crippen LogP contribution >= 0.6 is 0 Å². The number of hydrogen-bond acceptors (Lipinski definition) is 2. The first-order valence-corrected chi connectivity index (χ1v) is 4.23. The Kier molecular flexibility index (Phi) is 1.66. The highest BCUT2D eigenvalue weighted by atomic mass is 16.5. The van der Waals surface area contributed by atoms with Crippen LogP contribution in [0.3, 0.4) is 0 Å². The van der Waals surface area contributed by atoms with Crippen molar-refractivity contribution in [2.75, 3.05) is 6.61 Å². The number of ether oxygens (including phenoxy) is 1. The van der Waals surface area contributed by atoms with Gasteiger partial charge < -0.3 is 10.5 Å². The third kappa shape index (κ3) is 1.06. The van der Waals surface area contributed by atoms with E-state index in [0.717, 1.165) is 6.61 Å². The van der Waals surface area contributed by atoms with Crippen LogP contribution in [0.25, 0.3) is 0 Å². The minimum atomic E-state index is 0.424. The second-order valence-electron chi connectivity index (χ2n) is 3.53. The third-order valence-corrected chi connectivity index (χ3v) is 2.83. The van der Waals surface area contributed by atoms with Crippen molar-refractivity contribution >= 4 is 0 Å². The predicted molar refractivity (Wildman–Crippen MR) is 39.7 cm³/mol. The first-order chi connectivity index (χ1) is 4.86. The van der Waals surface area contributed by atoms with Gasteiger partial charge in [-0.3, -0.25) is 0 Å². The summed E-state index contributed by atoms with van der Waals surface area (Å²) in [5.74, 6) is 0.666. The van der Waals surface area contributed by atoms with Gasteiger partial charge in [0.25, 0.3) is 0 Å². The molecule has 3 aliphatic rings. The third-order valence-electron chi connectivity index (χ3n) is 2.83. The topological polar surface area (TPSA) is 35.2 Å². The highest BCUT2D eigenvalue weighted by molar-refractivity contribution is 4.83. The van der Waals surface area contributed by atoms with Crippen LogP contribution in [0.5, 0.6) is 0 Å². The lowest BCUT2D eigenvalue weighted by Gasteiger charge is -2.25. The lowest BCUT2D eigenvalue weighted by molar-refractivity contribution is -0.00359. The molecular weight excluding hydrogens is 126 g/mol. The average molecular weight is 141 g/mol. The molecule has 2 heteroatoms. The van der Waals surface area contributed by atoms with Gasteiger partial charge in [0.1, 0.15) is 0 Å². The van der Waals surface area contributed by atoms with Crippen molar-refractivity contribution in [1.82, 2.24) is 0 Å². The van der Waals surface area contributed by atoms with Crippen molar-refractivity contribution < 1.29 is 4.74 Å². The predicted octanol–water partition coefficient (Wildman–Crippen LogP) is 0.903. The minimum absolute atomic E-state index is 0.424. The van der Waals surface area contributed by atoms with Gasteiger partial charge in [-0.15, -0.1) is 0 Å². The SMILES string of the molecule is N[C@@H]1CCC2CCC1CO2. The van der Waals surface area contributed by atoms with Crippen LogP contribution in [0.2, 0.25) is 0 Å². The van der Waals surface area contributed by atoms with E-state index in [-0.39, 0.29) is 0 Å². The van der Waals surface area contributed by atoms with Crippen LogP contribution in [-0.2, 0) is 4.74 Å². The number of hydrogen-bond donors (Lipinski definition) is 1. The minimum Gasteiger partial charge on any atom is -0.378 e. The van der Waals surface area contributed by atoms with E-state index < -0.39 is 0 Å². The van der Waals surface area contributed by atoms with E-state index in [1.54, 1.807) is 0 Å². The van der Waals surface area contributed by atoms with Gasteiger partial charge in [0.2, 0.25) is 0 Å². The Morgan fingerprint density at radius 1 is 1.10 bits per heavy atom. The van der Waals surface area contributed by atoms with Gasteiger partial charge in [0.15, 0.2) is 0 Å². The summed E-state index contributed by atoms with van der Waals surface area (Å²) in [4.78, 5) is 0. The lowest BCUT2D eigenvalue weighted by Crippen LogP contribution is -2.33. The monoisotopic (exact) mass is 141 g/mol. The zero-order valence-electron chi connectivity index (χ0n) is 6.25. The fourth-order valence-electron chi connectivity index (χ4n) is 2.01. The molecule has 2 unspecified atom stereocenters. The summed E-state index contributed by atoms with van der Waals surface area (Å²) in [6.07, 6.45) is 5.46. The van der Waals surface area contributed by atoms with Crippen molar-refractivity contribution in [3.8, 4) is 0 Å². The van der Waals surface area contributed by atoms with E-state index in [1.807, 2.05) is 0 Å². The van der Waals surface area contributed by atoms with Crippen LogP contribution in [0, 0.1) is 5.92 Å². The molecule has 1 aliphatic carbocycles. The van der Waals surface area contributed by atoms with Crippen molar-refractivity contribution in [3.05, 3.63) is 0 Å². The highest BCUT2D eigenvalue weighted by Crippen LogP contribution is 2.29. The molecule has 2 N–H and O–H groups in total. The molecule has 3 fully saturated rings. The van der Waals surface area contributed by atoms with Gasteiger partial charge in [0, 0.05) is 6.04 Å². The Balaban J connectivity index is 2.07. The van der Waals surface area contributed by atoms with Crippen LogP contribution in [-0.4, -0.2) is 18.8 Å². The van der Waals surface area contributed by atoms with Gasteiger partial charge in [-0.2, -0.15) is 0 Å². The fraction of sp³-hybridized carbons (Fsp3) is 1.00. The van der Waals surface area contributed by atoms with E-state index in [2.05, 4.69) is 0 Å². The summed E-state index contributed by atoms with van der Waals surface area (Å²) in [7, 11) is 0. The van der Waals surface area contributed by atoms with E-state index in [9.17, 15) is 0 Å². The number of nitrogens with two attached hydrogens (primary N) is 1. The first-order valence-electron chi connectivity index (χ1n) is 4.23. The maximum Gasteiger partial charge on any atom is 0.0576 e. The molecule has 3 rings (SSSR count). The Morgan fingerprint density at radius 3 is 2.60 bits per heavy atom. The van der Waals surface area contributed by atoms with Crippen LogP contribution in [0.15, 0.2) is 0 Å². The van der Waals surface area contributed by atoms with Crippen molar-refractivity contribution in [3.63, 3.8) is 0 Å². The maximum absolute atomic E-state index is 5.94. The molecule has 0 radical (unpaired) electrons. The lowest BCUT2D eigenvalue weighted by atomic mass is 9.96. The van der Waals surface area contributed by atoms with Gasteiger partial charge in [-0.1, -0.05) is 0 Å². The average Bonchev–Trinajstić information content (AvgIpc) is 2.24. The second kappa shape index (κ2) is 2.51. The Hall–Kier alpha value is -0.0800. The second-order valence-corrected chi connectivity index (χ2v) is 3.53. The molecule has 10 heavy (non-hydrogen) atoms. The van der Waals surface area contributed by atoms with E-state index >= 15 is 0 Å². The van der Waals surface area contributed by atoms with E-state index in [1.165, 1.54) is 25.7 Å². The van der Waals surface area contributed by atoms with Gasteiger partial charge in [0.05, 0.1) is 12.7 Å². The summed E-state index contributed by atoms with van der Waals surface area (Å²) >= 11 is 0. The molecule has 2 heterocycles. The molecule has 0 aromatic heterocycles.